The molecule has 0 spiro atoms. The van der Waals surface area contributed by atoms with Crippen molar-refractivity contribution in [1.29, 1.82) is 0 Å². The minimum absolute atomic E-state index is 0.459. The van der Waals surface area contributed by atoms with Crippen molar-refractivity contribution in [3.05, 3.63) is 29.8 Å². The van der Waals surface area contributed by atoms with Gasteiger partial charge in [0.2, 0.25) is 0 Å². The standard InChI is InChI=1S/C14H23NO/c1-4-9-15-13(5-2)11-16-14-8-6-7-12(3)10-14/h6-8,10,13,15H,4-5,9,11H2,1-3H3. The molecule has 1 rings (SSSR count). The van der Waals surface area contributed by atoms with Crippen molar-refractivity contribution >= 4 is 0 Å². The first-order valence-corrected chi connectivity index (χ1v) is 6.19. The monoisotopic (exact) mass is 221 g/mol. The molecule has 1 aromatic rings. The van der Waals surface area contributed by atoms with Crippen molar-refractivity contribution in [2.24, 2.45) is 0 Å². The number of ether oxygens (including phenoxy) is 1. The third-order valence-electron chi connectivity index (χ3n) is 2.62. The molecule has 0 bridgehead atoms. The summed E-state index contributed by atoms with van der Waals surface area (Å²) < 4.78 is 5.77. The van der Waals surface area contributed by atoms with E-state index in [-0.39, 0.29) is 0 Å². The quantitative estimate of drug-likeness (QED) is 0.763. The van der Waals surface area contributed by atoms with E-state index in [1.807, 2.05) is 12.1 Å². The molecular weight excluding hydrogens is 198 g/mol. The van der Waals surface area contributed by atoms with E-state index >= 15 is 0 Å². The van der Waals surface area contributed by atoms with Crippen LogP contribution in [0.5, 0.6) is 5.75 Å². The third-order valence-corrected chi connectivity index (χ3v) is 2.62. The predicted molar refractivity (Wildman–Crippen MR) is 69.0 cm³/mol. The molecule has 0 saturated carbocycles. The highest BCUT2D eigenvalue weighted by molar-refractivity contribution is 5.27. The molecule has 0 heterocycles. The Bertz CT molecular complexity index is 299. The van der Waals surface area contributed by atoms with Gasteiger partial charge in [-0.1, -0.05) is 26.0 Å². The van der Waals surface area contributed by atoms with Gasteiger partial charge in [-0.15, -0.1) is 0 Å². The molecule has 2 nitrogen and oxygen atoms in total. The second-order valence-corrected chi connectivity index (χ2v) is 4.19. The summed E-state index contributed by atoms with van der Waals surface area (Å²) in [5.74, 6) is 0.969. The molecule has 0 aliphatic carbocycles. The van der Waals surface area contributed by atoms with E-state index in [1.165, 1.54) is 12.0 Å². The highest BCUT2D eigenvalue weighted by Gasteiger charge is 2.05. The Balaban J connectivity index is 2.37. The van der Waals surface area contributed by atoms with Crippen molar-refractivity contribution in [2.45, 2.75) is 39.7 Å². The summed E-state index contributed by atoms with van der Waals surface area (Å²) in [5.41, 5.74) is 1.24. The first-order valence-electron chi connectivity index (χ1n) is 6.19. The topological polar surface area (TPSA) is 21.3 Å². The molecule has 1 atom stereocenters. The summed E-state index contributed by atoms with van der Waals surface area (Å²) in [6, 6.07) is 8.66. The van der Waals surface area contributed by atoms with E-state index in [2.05, 4.69) is 38.2 Å². The second kappa shape index (κ2) is 7.29. The van der Waals surface area contributed by atoms with Gasteiger partial charge in [0, 0.05) is 6.04 Å². The Hall–Kier alpha value is -1.02. The molecule has 1 unspecified atom stereocenters. The Morgan fingerprint density at radius 3 is 2.75 bits per heavy atom. The first kappa shape index (κ1) is 13.0. The van der Waals surface area contributed by atoms with Crippen LogP contribution < -0.4 is 10.1 Å². The SMILES string of the molecule is CCCNC(CC)COc1cccc(C)c1. The number of rotatable bonds is 7. The number of nitrogens with one attached hydrogen (secondary N) is 1. The number of benzene rings is 1. The second-order valence-electron chi connectivity index (χ2n) is 4.19. The molecule has 0 aromatic heterocycles. The molecule has 0 radical (unpaired) electrons. The van der Waals surface area contributed by atoms with Crippen LogP contribution in [0.15, 0.2) is 24.3 Å². The summed E-state index contributed by atoms with van der Waals surface area (Å²) in [6.45, 7) is 8.27. The van der Waals surface area contributed by atoms with Gasteiger partial charge in [0.1, 0.15) is 12.4 Å². The molecule has 1 N–H and O–H groups in total. The molecule has 1 aromatic carbocycles. The van der Waals surface area contributed by atoms with Crippen LogP contribution in [0.1, 0.15) is 32.3 Å². The van der Waals surface area contributed by atoms with Crippen LogP contribution in [0.4, 0.5) is 0 Å². The van der Waals surface area contributed by atoms with Crippen LogP contribution in [-0.2, 0) is 0 Å². The van der Waals surface area contributed by atoms with Crippen LogP contribution in [0.3, 0.4) is 0 Å². The highest BCUT2D eigenvalue weighted by Crippen LogP contribution is 2.12. The number of aryl methyl sites for hydroxylation is 1. The maximum Gasteiger partial charge on any atom is 0.119 e. The van der Waals surface area contributed by atoms with Crippen molar-refractivity contribution in [1.82, 2.24) is 5.32 Å². The average Bonchev–Trinajstić information content (AvgIpc) is 2.29. The zero-order valence-corrected chi connectivity index (χ0v) is 10.6. The molecule has 0 aliphatic rings. The largest absolute Gasteiger partial charge is 0.492 e. The minimum Gasteiger partial charge on any atom is -0.492 e. The summed E-state index contributed by atoms with van der Waals surface area (Å²) in [6.07, 6.45) is 2.27. The zero-order valence-electron chi connectivity index (χ0n) is 10.6. The van der Waals surface area contributed by atoms with Gasteiger partial charge in [0.25, 0.3) is 0 Å². The predicted octanol–water partition coefficient (Wildman–Crippen LogP) is 3.15. The Labute approximate surface area is 99.0 Å². The van der Waals surface area contributed by atoms with E-state index in [0.717, 1.165) is 25.3 Å². The van der Waals surface area contributed by atoms with Crippen molar-refractivity contribution < 1.29 is 4.74 Å². The maximum absolute atomic E-state index is 5.77. The van der Waals surface area contributed by atoms with Crippen LogP contribution in [-0.4, -0.2) is 19.2 Å². The average molecular weight is 221 g/mol. The number of hydrogen-bond donors (Lipinski definition) is 1. The lowest BCUT2D eigenvalue weighted by Crippen LogP contribution is -2.34. The van der Waals surface area contributed by atoms with E-state index in [9.17, 15) is 0 Å². The van der Waals surface area contributed by atoms with Crippen LogP contribution in [0, 0.1) is 6.92 Å². The first-order chi connectivity index (χ1) is 7.76. The van der Waals surface area contributed by atoms with Gasteiger partial charge in [-0.25, -0.2) is 0 Å². The van der Waals surface area contributed by atoms with Gasteiger partial charge in [0.15, 0.2) is 0 Å². The fourth-order valence-electron chi connectivity index (χ4n) is 1.57. The van der Waals surface area contributed by atoms with Gasteiger partial charge < -0.3 is 10.1 Å². The van der Waals surface area contributed by atoms with Gasteiger partial charge in [-0.2, -0.15) is 0 Å². The molecule has 0 saturated heterocycles. The van der Waals surface area contributed by atoms with E-state index in [1.54, 1.807) is 0 Å². The Morgan fingerprint density at radius 2 is 2.12 bits per heavy atom. The maximum atomic E-state index is 5.77. The minimum atomic E-state index is 0.459. The van der Waals surface area contributed by atoms with E-state index in [0.29, 0.717) is 6.04 Å². The smallest absolute Gasteiger partial charge is 0.119 e. The molecule has 90 valence electrons. The third kappa shape index (κ3) is 4.67. The molecule has 0 aliphatic heterocycles. The molecule has 16 heavy (non-hydrogen) atoms. The van der Waals surface area contributed by atoms with Crippen LogP contribution >= 0.6 is 0 Å². The molecule has 2 heteroatoms. The number of hydrogen-bond acceptors (Lipinski definition) is 2. The van der Waals surface area contributed by atoms with E-state index in [4.69, 9.17) is 4.74 Å². The summed E-state index contributed by atoms with van der Waals surface area (Å²) in [7, 11) is 0. The summed E-state index contributed by atoms with van der Waals surface area (Å²) >= 11 is 0. The van der Waals surface area contributed by atoms with Gasteiger partial charge >= 0.3 is 0 Å². The van der Waals surface area contributed by atoms with Gasteiger partial charge in [-0.05, 0) is 44.0 Å². The normalized spacial score (nSPS) is 12.4. The lowest BCUT2D eigenvalue weighted by Gasteiger charge is -2.17. The highest BCUT2D eigenvalue weighted by atomic mass is 16.5. The fourth-order valence-corrected chi connectivity index (χ4v) is 1.57. The van der Waals surface area contributed by atoms with Gasteiger partial charge in [0.05, 0.1) is 0 Å². The van der Waals surface area contributed by atoms with Gasteiger partial charge in [-0.3, -0.25) is 0 Å². The van der Waals surface area contributed by atoms with Crippen LogP contribution in [0.25, 0.3) is 0 Å². The fraction of sp³-hybridized carbons (Fsp3) is 0.571. The summed E-state index contributed by atoms with van der Waals surface area (Å²) in [5, 5.41) is 3.48. The van der Waals surface area contributed by atoms with Crippen molar-refractivity contribution in [2.75, 3.05) is 13.2 Å². The lowest BCUT2D eigenvalue weighted by molar-refractivity contribution is 0.260. The Kier molecular flexibility index (Phi) is 5.94. The van der Waals surface area contributed by atoms with Crippen LogP contribution in [0.2, 0.25) is 0 Å². The molecular formula is C14H23NO. The van der Waals surface area contributed by atoms with Crippen molar-refractivity contribution in [3.63, 3.8) is 0 Å². The van der Waals surface area contributed by atoms with E-state index < -0.39 is 0 Å². The zero-order chi connectivity index (χ0) is 11.8. The Morgan fingerprint density at radius 1 is 1.31 bits per heavy atom. The molecule has 0 amide bonds. The molecule has 0 fully saturated rings. The van der Waals surface area contributed by atoms with Crippen molar-refractivity contribution in [3.8, 4) is 5.75 Å². The summed E-state index contributed by atoms with van der Waals surface area (Å²) in [4.78, 5) is 0. The lowest BCUT2D eigenvalue weighted by atomic mass is 10.2.